The molecule has 132 valence electrons. The molecule has 0 saturated heterocycles. The van der Waals surface area contributed by atoms with Crippen LogP contribution in [0.25, 0.3) is 0 Å². The van der Waals surface area contributed by atoms with Crippen molar-refractivity contribution in [1.29, 1.82) is 0 Å². The van der Waals surface area contributed by atoms with Crippen LogP contribution in [0.3, 0.4) is 0 Å². The van der Waals surface area contributed by atoms with Gasteiger partial charge in [0, 0.05) is 12.6 Å². The summed E-state index contributed by atoms with van der Waals surface area (Å²) in [5.41, 5.74) is 1.83. The van der Waals surface area contributed by atoms with Crippen molar-refractivity contribution in [2.75, 3.05) is 11.9 Å². The predicted molar refractivity (Wildman–Crippen MR) is 97.2 cm³/mol. The number of anilines is 1. The van der Waals surface area contributed by atoms with E-state index in [0.29, 0.717) is 12.2 Å². The number of allylic oxidation sites excluding steroid dienone is 2. The maximum atomic E-state index is 12.2. The molecule has 0 bridgehead atoms. The van der Waals surface area contributed by atoms with Gasteiger partial charge in [-0.2, -0.15) is 5.10 Å². The van der Waals surface area contributed by atoms with Gasteiger partial charge in [0.1, 0.15) is 11.4 Å². The quantitative estimate of drug-likeness (QED) is 0.627. The molecule has 1 aliphatic heterocycles. The van der Waals surface area contributed by atoms with E-state index < -0.39 is 0 Å². The molecule has 0 aromatic carbocycles. The number of hydrogen-bond acceptors (Lipinski definition) is 4. The summed E-state index contributed by atoms with van der Waals surface area (Å²) in [5.74, 6) is 0.435. The van der Waals surface area contributed by atoms with E-state index in [0.717, 1.165) is 31.6 Å². The zero-order chi connectivity index (χ0) is 17.7. The van der Waals surface area contributed by atoms with Gasteiger partial charge in [-0.1, -0.05) is 44.6 Å². The Morgan fingerprint density at radius 1 is 1.58 bits per heavy atom. The van der Waals surface area contributed by atoms with Gasteiger partial charge in [0.2, 0.25) is 0 Å². The molecular weight excluding hydrogens is 302 g/mol. The number of esters is 1. The van der Waals surface area contributed by atoms with E-state index in [4.69, 9.17) is 4.74 Å². The van der Waals surface area contributed by atoms with E-state index in [1.165, 1.54) is 5.57 Å². The summed E-state index contributed by atoms with van der Waals surface area (Å²) < 4.78 is 7.09. The summed E-state index contributed by atoms with van der Waals surface area (Å²) >= 11 is 0. The van der Waals surface area contributed by atoms with Crippen LogP contribution in [0.4, 0.5) is 5.82 Å². The highest BCUT2D eigenvalue weighted by molar-refractivity contribution is 5.94. The van der Waals surface area contributed by atoms with Gasteiger partial charge in [0.15, 0.2) is 0 Å². The lowest BCUT2D eigenvalue weighted by atomic mass is 9.78. The van der Waals surface area contributed by atoms with Gasteiger partial charge in [-0.15, -0.1) is 0 Å². The molecular formula is C19H29N3O2. The third-order valence-corrected chi connectivity index (χ3v) is 4.66. The SMILES string of the molecule is C=C/C=C(\C)C1CC(C)(CCC)Cn2ncc(C(=O)OCC)c2N1. The van der Waals surface area contributed by atoms with Crippen molar-refractivity contribution in [3.63, 3.8) is 0 Å². The van der Waals surface area contributed by atoms with Crippen LogP contribution in [-0.4, -0.2) is 28.4 Å². The van der Waals surface area contributed by atoms with Crippen LogP contribution >= 0.6 is 0 Å². The first-order valence-corrected chi connectivity index (χ1v) is 8.72. The molecule has 2 heterocycles. The summed E-state index contributed by atoms with van der Waals surface area (Å²) in [6.45, 7) is 13.4. The normalized spacial score (nSPS) is 23.8. The molecule has 1 aromatic heterocycles. The van der Waals surface area contributed by atoms with Crippen LogP contribution in [-0.2, 0) is 11.3 Å². The predicted octanol–water partition coefficient (Wildman–Crippen LogP) is 4.18. The minimum atomic E-state index is -0.325. The van der Waals surface area contributed by atoms with Gasteiger partial charge in [0.05, 0.1) is 12.8 Å². The molecule has 0 fully saturated rings. The minimum absolute atomic E-state index is 0.117. The van der Waals surface area contributed by atoms with E-state index in [2.05, 4.69) is 37.8 Å². The van der Waals surface area contributed by atoms with Crippen LogP contribution in [0.1, 0.15) is 57.3 Å². The van der Waals surface area contributed by atoms with Crippen LogP contribution in [0.5, 0.6) is 0 Å². The van der Waals surface area contributed by atoms with E-state index in [1.807, 2.05) is 23.8 Å². The first kappa shape index (κ1) is 18.3. The fourth-order valence-corrected chi connectivity index (χ4v) is 3.51. The fraction of sp³-hybridized carbons (Fsp3) is 0.579. The smallest absolute Gasteiger partial charge is 0.343 e. The molecule has 2 atom stereocenters. The molecule has 0 amide bonds. The lowest BCUT2D eigenvalue weighted by molar-refractivity contribution is 0.0527. The molecule has 0 radical (unpaired) electrons. The van der Waals surface area contributed by atoms with Gasteiger partial charge >= 0.3 is 5.97 Å². The zero-order valence-corrected chi connectivity index (χ0v) is 15.3. The van der Waals surface area contributed by atoms with E-state index >= 15 is 0 Å². The average Bonchev–Trinajstić information content (AvgIpc) is 2.83. The largest absolute Gasteiger partial charge is 0.462 e. The van der Waals surface area contributed by atoms with Crippen molar-refractivity contribution >= 4 is 11.8 Å². The first-order valence-electron chi connectivity index (χ1n) is 8.72. The minimum Gasteiger partial charge on any atom is -0.462 e. The number of ether oxygens (including phenoxy) is 1. The molecule has 2 rings (SSSR count). The Morgan fingerprint density at radius 3 is 2.96 bits per heavy atom. The summed E-state index contributed by atoms with van der Waals surface area (Å²) in [6.07, 6.45) is 8.67. The number of aromatic nitrogens is 2. The van der Waals surface area contributed by atoms with Gasteiger partial charge < -0.3 is 10.1 Å². The highest BCUT2D eigenvalue weighted by Gasteiger charge is 2.35. The molecule has 0 saturated carbocycles. The summed E-state index contributed by atoms with van der Waals surface area (Å²) in [6, 6.07) is 0.144. The Balaban J connectivity index is 2.44. The topological polar surface area (TPSA) is 56.2 Å². The van der Waals surface area contributed by atoms with Gasteiger partial charge in [-0.05, 0) is 32.1 Å². The number of hydrogen-bond donors (Lipinski definition) is 1. The number of nitrogens with zero attached hydrogens (tertiary/aromatic N) is 2. The molecule has 0 aliphatic carbocycles. The van der Waals surface area contributed by atoms with Crippen LogP contribution in [0, 0.1) is 5.41 Å². The third kappa shape index (κ3) is 3.89. The summed E-state index contributed by atoms with van der Waals surface area (Å²) in [5, 5.41) is 7.98. The Kier molecular flexibility index (Phi) is 5.86. The lowest BCUT2D eigenvalue weighted by Crippen LogP contribution is -2.29. The molecule has 2 unspecified atom stereocenters. The van der Waals surface area contributed by atoms with Crippen molar-refractivity contribution in [1.82, 2.24) is 9.78 Å². The second kappa shape index (κ2) is 7.69. The third-order valence-electron chi connectivity index (χ3n) is 4.66. The maximum Gasteiger partial charge on any atom is 0.343 e. The molecule has 5 heteroatoms. The van der Waals surface area contributed by atoms with E-state index in [-0.39, 0.29) is 17.4 Å². The summed E-state index contributed by atoms with van der Waals surface area (Å²) in [7, 11) is 0. The standard InChI is InChI=1S/C19H29N3O2/c1-6-9-14(4)16-11-19(5,10-7-2)13-22-17(21-16)15(12-20-22)18(23)24-8-3/h6,9,12,16,21H,1,7-8,10-11,13H2,2-5H3/b14-9+. The maximum absolute atomic E-state index is 12.2. The second-order valence-electron chi connectivity index (χ2n) is 6.89. The number of nitrogens with one attached hydrogen (secondary N) is 1. The highest BCUT2D eigenvalue weighted by Crippen LogP contribution is 2.38. The monoisotopic (exact) mass is 331 g/mol. The van der Waals surface area contributed by atoms with Crippen LogP contribution in [0.2, 0.25) is 0 Å². The van der Waals surface area contributed by atoms with Crippen LogP contribution < -0.4 is 5.32 Å². The number of carbonyl (C=O) groups excluding carboxylic acids is 1. The number of rotatable bonds is 6. The van der Waals surface area contributed by atoms with Crippen molar-refractivity contribution in [3.8, 4) is 0 Å². The Labute approximate surface area is 144 Å². The van der Waals surface area contributed by atoms with Crippen molar-refractivity contribution < 1.29 is 9.53 Å². The van der Waals surface area contributed by atoms with E-state index in [9.17, 15) is 4.79 Å². The Bertz CT molecular complexity index is 633. The average molecular weight is 331 g/mol. The van der Waals surface area contributed by atoms with Crippen molar-refractivity contribution in [2.45, 2.75) is 59.5 Å². The number of fused-ring (bicyclic) bond motifs is 1. The van der Waals surface area contributed by atoms with Gasteiger partial charge in [-0.3, -0.25) is 0 Å². The van der Waals surface area contributed by atoms with E-state index in [1.54, 1.807) is 6.20 Å². The van der Waals surface area contributed by atoms with Gasteiger partial charge in [-0.25, -0.2) is 9.48 Å². The fourth-order valence-electron chi connectivity index (χ4n) is 3.51. The first-order chi connectivity index (χ1) is 11.4. The van der Waals surface area contributed by atoms with Crippen LogP contribution in [0.15, 0.2) is 30.5 Å². The zero-order valence-electron chi connectivity index (χ0n) is 15.3. The van der Waals surface area contributed by atoms with Crippen molar-refractivity contribution in [2.24, 2.45) is 5.41 Å². The molecule has 1 aliphatic rings. The number of carbonyl (C=O) groups is 1. The molecule has 24 heavy (non-hydrogen) atoms. The van der Waals surface area contributed by atoms with Crippen molar-refractivity contribution in [3.05, 3.63) is 36.1 Å². The molecule has 5 nitrogen and oxygen atoms in total. The highest BCUT2D eigenvalue weighted by atomic mass is 16.5. The lowest BCUT2D eigenvalue weighted by Gasteiger charge is -2.30. The summed E-state index contributed by atoms with van der Waals surface area (Å²) in [4.78, 5) is 12.2. The molecule has 1 N–H and O–H groups in total. The Morgan fingerprint density at radius 2 is 2.33 bits per heavy atom. The Hall–Kier alpha value is -2.04. The molecule has 0 spiro atoms. The molecule has 1 aromatic rings. The van der Waals surface area contributed by atoms with Gasteiger partial charge in [0.25, 0.3) is 0 Å². The second-order valence-corrected chi connectivity index (χ2v) is 6.89.